The molecule has 2 nitrogen and oxygen atoms in total. The summed E-state index contributed by atoms with van der Waals surface area (Å²) in [5.41, 5.74) is -2.79. The fraction of sp³-hybridized carbons (Fsp3) is 0.200. The molecule has 1 N–H and O–H groups in total. The summed E-state index contributed by atoms with van der Waals surface area (Å²) in [5.74, 6) is -0.0981. The van der Waals surface area contributed by atoms with E-state index in [9.17, 15) is 31.4 Å². The average Bonchev–Trinajstić information content (AvgIpc) is 2.44. The molecule has 0 amide bonds. The molecule has 0 saturated heterocycles. The van der Waals surface area contributed by atoms with Crippen LogP contribution >= 0.6 is 15.9 Å². The molecule has 0 fully saturated rings. The molecular formula is C15H10BrF6NO. The van der Waals surface area contributed by atoms with Crippen LogP contribution in [0.2, 0.25) is 0 Å². The monoisotopic (exact) mass is 413 g/mol. The molecule has 0 radical (unpaired) electrons. The van der Waals surface area contributed by atoms with Gasteiger partial charge in [0.15, 0.2) is 0 Å². The van der Waals surface area contributed by atoms with E-state index in [1.54, 1.807) is 0 Å². The van der Waals surface area contributed by atoms with Crippen LogP contribution in [-0.2, 0) is 12.4 Å². The van der Waals surface area contributed by atoms with Crippen molar-refractivity contribution in [1.29, 1.82) is 0 Å². The zero-order valence-corrected chi connectivity index (χ0v) is 13.6. The first-order valence-electron chi connectivity index (χ1n) is 6.41. The number of hydrogen-bond donors (Lipinski definition) is 1. The second kappa shape index (κ2) is 6.19. The van der Waals surface area contributed by atoms with Gasteiger partial charge in [-0.3, -0.25) is 0 Å². The molecule has 0 saturated carbocycles. The van der Waals surface area contributed by atoms with E-state index < -0.39 is 23.5 Å². The third-order valence-electron chi connectivity index (χ3n) is 3.25. The van der Waals surface area contributed by atoms with Gasteiger partial charge in [-0.2, -0.15) is 26.3 Å². The zero-order chi connectivity index (χ0) is 18.3. The lowest BCUT2D eigenvalue weighted by molar-refractivity contribution is -0.143. The molecule has 0 aliphatic rings. The molecule has 0 aliphatic carbocycles. The van der Waals surface area contributed by atoms with E-state index in [0.717, 1.165) is 4.90 Å². The molecule has 0 aromatic heterocycles. The first-order valence-corrected chi connectivity index (χ1v) is 7.20. The minimum Gasteiger partial charge on any atom is -0.508 e. The van der Waals surface area contributed by atoms with E-state index in [-0.39, 0.29) is 17.5 Å². The molecule has 0 heterocycles. The van der Waals surface area contributed by atoms with Gasteiger partial charge in [-0.25, -0.2) is 0 Å². The normalized spacial score (nSPS) is 12.3. The van der Waals surface area contributed by atoms with Gasteiger partial charge >= 0.3 is 12.4 Å². The standard InChI is InChI=1S/C15H10BrF6NO/c1-23(13-3-2-11(24)7-12(13)16)10-5-8(14(17,18)19)4-9(6-10)15(20,21)22/h2-7,24H,1H3. The summed E-state index contributed by atoms with van der Waals surface area (Å²) in [6, 6.07) is 5.26. The molecule has 130 valence electrons. The molecule has 0 unspecified atom stereocenters. The van der Waals surface area contributed by atoms with E-state index in [4.69, 9.17) is 0 Å². The first kappa shape index (κ1) is 18.4. The fourth-order valence-corrected chi connectivity index (χ4v) is 2.67. The van der Waals surface area contributed by atoms with Gasteiger partial charge in [-0.15, -0.1) is 0 Å². The molecular weight excluding hydrogens is 404 g/mol. The molecule has 24 heavy (non-hydrogen) atoms. The predicted molar refractivity (Wildman–Crippen MR) is 80.3 cm³/mol. The molecule has 0 spiro atoms. The highest BCUT2D eigenvalue weighted by molar-refractivity contribution is 9.10. The Labute approximate surface area is 141 Å². The van der Waals surface area contributed by atoms with Crippen LogP contribution in [0.4, 0.5) is 37.7 Å². The van der Waals surface area contributed by atoms with Crippen LogP contribution in [0.5, 0.6) is 5.75 Å². The van der Waals surface area contributed by atoms with E-state index in [2.05, 4.69) is 15.9 Å². The summed E-state index contributed by atoms with van der Waals surface area (Å²) in [7, 11) is 1.33. The van der Waals surface area contributed by atoms with Crippen LogP contribution in [0.3, 0.4) is 0 Å². The quantitative estimate of drug-likeness (QED) is 0.614. The van der Waals surface area contributed by atoms with Crippen molar-refractivity contribution in [2.24, 2.45) is 0 Å². The topological polar surface area (TPSA) is 23.5 Å². The lowest BCUT2D eigenvalue weighted by atomic mass is 10.1. The number of alkyl halides is 6. The number of phenolic OH excluding ortho intramolecular Hbond substituents is 1. The van der Waals surface area contributed by atoms with Crippen molar-refractivity contribution in [2.75, 3.05) is 11.9 Å². The van der Waals surface area contributed by atoms with Crippen LogP contribution in [0, 0.1) is 0 Å². The van der Waals surface area contributed by atoms with Gasteiger partial charge in [0.05, 0.1) is 16.8 Å². The predicted octanol–water partition coefficient (Wildman–Crippen LogP) is 5.96. The van der Waals surface area contributed by atoms with E-state index in [0.29, 0.717) is 22.3 Å². The maximum Gasteiger partial charge on any atom is 0.416 e. The summed E-state index contributed by atoms with van der Waals surface area (Å²) in [6.45, 7) is 0. The highest BCUT2D eigenvalue weighted by Crippen LogP contribution is 2.40. The van der Waals surface area contributed by atoms with Gasteiger partial charge in [0, 0.05) is 17.2 Å². The number of anilines is 2. The van der Waals surface area contributed by atoms with Crippen molar-refractivity contribution >= 4 is 27.3 Å². The summed E-state index contributed by atoms with van der Waals surface area (Å²) < 4.78 is 77.8. The number of hydrogen-bond acceptors (Lipinski definition) is 2. The molecule has 9 heteroatoms. The maximum atomic E-state index is 12.9. The smallest absolute Gasteiger partial charge is 0.416 e. The molecule has 0 atom stereocenters. The van der Waals surface area contributed by atoms with Crippen LogP contribution < -0.4 is 4.90 Å². The second-order valence-corrected chi connectivity index (χ2v) is 5.81. The SMILES string of the molecule is CN(c1cc(C(F)(F)F)cc(C(F)(F)F)c1)c1ccc(O)cc1Br. The van der Waals surface area contributed by atoms with E-state index in [1.165, 1.54) is 25.2 Å². The lowest BCUT2D eigenvalue weighted by Gasteiger charge is -2.23. The minimum atomic E-state index is -4.91. The number of rotatable bonds is 2. The largest absolute Gasteiger partial charge is 0.508 e. The van der Waals surface area contributed by atoms with E-state index in [1.807, 2.05) is 0 Å². The molecule has 2 aromatic rings. The van der Waals surface area contributed by atoms with Gasteiger partial charge in [-0.1, -0.05) is 0 Å². The highest BCUT2D eigenvalue weighted by atomic mass is 79.9. The number of aromatic hydroxyl groups is 1. The molecule has 0 aliphatic heterocycles. The van der Waals surface area contributed by atoms with Gasteiger partial charge in [-0.05, 0) is 52.3 Å². The minimum absolute atomic E-state index is 0.0726. The third-order valence-corrected chi connectivity index (χ3v) is 3.89. The molecule has 0 bridgehead atoms. The Morgan fingerprint density at radius 2 is 1.38 bits per heavy atom. The molecule has 2 rings (SSSR count). The van der Waals surface area contributed by atoms with Crippen molar-refractivity contribution in [1.82, 2.24) is 0 Å². The Morgan fingerprint density at radius 1 is 0.875 bits per heavy atom. The van der Waals surface area contributed by atoms with Crippen LogP contribution in [-0.4, -0.2) is 12.2 Å². The van der Waals surface area contributed by atoms with E-state index >= 15 is 0 Å². The summed E-state index contributed by atoms with van der Waals surface area (Å²) in [4.78, 5) is 1.16. The third kappa shape index (κ3) is 3.95. The fourth-order valence-electron chi connectivity index (χ4n) is 2.04. The number of phenols is 1. The van der Waals surface area contributed by atoms with Crippen molar-refractivity contribution < 1.29 is 31.4 Å². The Bertz CT molecular complexity index is 724. The molecule has 2 aromatic carbocycles. The Kier molecular flexibility index (Phi) is 4.76. The van der Waals surface area contributed by atoms with Crippen LogP contribution in [0.25, 0.3) is 0 Å². The number of benzene rings is 2. The van der Waals surface area contributed by atoms with Crippen molar-refractivity contribution in [3.63, 3.8) is 0 Å². The second-order valence-electron chi connectivity index (χ2n) is 4.96. The first-order chi connectivity index (χ1) is 10.9. The lowest BCUT2D eigenvalue weighted by Crippen LogP contribution is -2.16. The summed E-state index contributed by atoms with van der Waals surface area (Å²) >= 11 is 3.11. The zero-order valence-electron chi connectivity index (χ0n) is 12.0. The number of nitrogens with zero attached hydrogens (tertiary/aromatic N) is 1. The van der Waals surface area contributed by atoms with Gasteiger partial charge < -0.3 is 10.0 Å². The summed E-state index contributed by atoms with van der Waals surface area (Å²) in [6.07, 6.45) is -9.83. The van der Waals surface area contributed by atoms with Gasteiger partial charge in [0.2, 0.25) is 0 Å². The number of halogens is 7. The van der Waals surface area contributed by atoms with Crippen molar-refractivity contribution in [2.45, 2.75) is 12.4 Å². The summed E-state index contributed by atoms with van der Waals surface area (Å²) in [5, 5.41) is 9.35. The average molecular weight is 414 g/mol. The maximum absolute atomic E-state index is 12.9. The van der Waals surface area contributed by atoms with Crippen LogP contribution in [0.15, 0.2) is 40.9 Å². The van der Waals surface area contributed by atoms with Crippen LogP contribution in [0.1, 0.15) is 11.1 Å². The van der Waals surface area contributed by atoms with Gasteiger partial charge in [0.1, 0.15) is 5.75 Å². The van der Waals surface area contributed by atoms with Crippen molar-refractivity contribution in [3.05, 3.63) is 52.0 Å². The Hall–Kier alpha value is -1.90. The Morgan fingerprint density at radius 3 is 1.79 bits per heavy atom. The highest BCUT2D eigenvalue weighted by Gasteiger charge is 2.37. The van der Waals surface area contributed by atoms with Crippen molar-refractivity contribution in [3.8, 4) is 5.75 Å². The Balaban J connectivity index is 2.60. The van der Waals surface area contributed by atoms with Gasteiger partial charge in [0.25, 0.3) is 0 Å².